The molecule has 0 aliphatic heterocycles. The van der Waals surface area contributed by atoms with E-state index in [1.807, 2.05) is 12.3 Å². The summed E-state index contributed by atoms with van der Waals surface area (Å²) < 4.78 is 12.7. The van der Waals surface area contributed by atoms with Gasteiger partial charge in [0, 0.05) is 11.5 Å². The predicted molar refractivity (Wildman–Crippen MR) is 75.6 cm³/mol. The van der Waals surface area contributed by atoms with E-state index in [9.17, 15) is 9.18 Å². The molecule has 1 aromatic carbocycles. The SMILES string of the molecule is CCc1csc(NC(=O)/C=C/c2ccc(F)cc2)n1. The van der Waals surface area contributed by atoms with E-state index < -0.39 is 0 Å². The molecule has 0 saturated carbocycles. The monoisotopic (exact) mass is 276 g/mol. The molecule has 1 N–H and O–H groups in total. The predicted octanol–water partition coefficient (Wildman–Crippen LogP) is 3.50. The van der Waals surface area contributed by atoms with Gasteiger partial charge in [0.1, 0.15) is 5.82 Å². The number of rotatable bonds is 4. The number of hydrogen-bond acceptors (Lipinski definition) is 3. The lowest BCUT2D eigenvalue weighted by atomic mass is 10.2. The molecule has 0 aliphatic carbocycles. The van der Waals surface area contributed by atoms with Crippen molar-refractivity contribution in [3.05, 3.63) is 52.8 Å². The summed E-state index contributed by atoms with van der Waals surface area (Å²) in [7, 11) is 0. The number of amides is 1. The van der Waals surface area contributed by atoms with E-state index in [1.165, 1.54) is 29.5 Å². The van der Waals surface area contributed by atoms with E-state index in [2.05, 4.69) is 10.3 Å². The largest absolute Gasteiger partial charge is 0.298 e. The van der Waals surface area contributed by atoms with Gasteiger partial charge in [-0.15, -0.1) is 11.3 Å². The van der Waals surface area contributed by atoms with Gasteiger partial charge in [0.15, 0.2) is 5.13 Å². The molecule has 0 radical (unpaired) electrons. The van der Waals surface area contributed by atoms with Crippen molar-refractivity contribution in [2.45, 2.75) is 13.3 Å². The maximum absolute atomic E-state index is 12.7. The summed E-state index contributed by atoms with van der Waals surface area (Å²) >= 11 is 1.40. The van der Waals surface area contributed by atoms with E-state index >= 15 is 0 Å². The van der Waals surface area contributed by atoms with Crippen molar-refractivity contribution in [2.24, 2.45) is 0 Å². The van der Waals surface area contributed by atoms with Crippen LogP contribution in [0.3, 0.4) is 0 Å². The minimum atomic E-state index is -0.295. The molecule has 98 valence electrons. The molecular formula is C14H13FN2OS. The summed E-state index contributed by atoms with van der Waals surface area (Å²) in [5.74, 6) is -0.544. The van der Waals surface area contributed by atoms with Crippen LogP contribution in [-0.2, 0) is 11.2 Å². The van der Waals surface area contributed by atoms with E-state index in [4.69, 9.17) is 0 Å². The molecular weight excluding hydrogens is 263 g/mol. The van der Waals surface area contributed by atoms with Crippen molar-refractivity contribution in [1.82, 2.24) is 4.98 Å². The summed E-state index contributed by atoms with van der Waals surface area (Å²) in [4.78, 5) is 15.9. The van der Waals surface area contributed by atoms with Crippen LogP contribution in [0.15, 0.2) is 35.7 Å². The van der Waals surface area contributed by atoms with Crippen LogP contribution in [-0.4, -0.2) is 10.9 Å². The average Bonchev–Trinajstić information content (AvgIpc) is 2.86. The van der Waals surface area contributed by atoms with E-state index in [0.29, 0.717) is 5.13 Å². The number of carbonyl (C=O) groups excluding carboxylic acids is 1. The normalized spacial score (nSPS) is 10.8. The Bertz CT molecular complexity index is 590. The van der Waals surface area contributed by atoms with Crippen molar-refractivity contribution >= 4 is 28.5 Å². The number of halogens is 1. The quantitative estimate of drug-likeness (QED) is 0.868. The Labute approximate surface area is 114 Å². The molecule has 0 fully saturated rings. The van der Waals surface area contributed by atoms with Crippen LogP contribution >= 0.6 is 11.3 Å². The minimum absolute atomic E-state index is 0.249. The zero-order valence-corrected chi connectivity index (χ0v) is 11.2. The van der Waals surface area contributed by atoms with Gasteiger partial charge in [0.05, 0.1) is 5.69 Å². The Hall–Kier alpha value is -2.01. The Kier molecular flexibility index (Phi) is 4.41. The molecule has 1 amide bonds. The number of thiazole rings is 1. The van der Waals surface area contributed by atoms with Gasteiger partial charge in [-0.25, -0.2) is 9.37 Å². The molecule has 3 nitrogen and oxygen atoms in total. The first kappa shape index (κ1) is 13.4. The van der Waals surface area contributed by atoms with Crippen LogP contribution in [0.5, 0.6) is 0 Å². The lowest BCUT2D eigenvalue weighted by Gasteiger charge is -1.96. The van der Waals surface area contributed by atoms with Gasteiger partial charge in [0.25, 0.3) is 0 Å². The van der Waals surface area contributed by atoms with Gasteiger partial charge in [-0.3, -0.25) is 10.1 Å². The molecule has 2 aromatic rings. The third kappa shape index (κ3) is 3.99. The topological polar surface area (TPSA) is 42.0 Å². The third-order valence-electron chi connectivity index (χ3n) is 2.44. The van der Waals surface area contributed by atoms with Gasteiger partial charge >= 0.3 is 0 Å². The second-order valence-corrected chi connectivity index (χ2v) is 4.73. The zero-order valence-electron chi connectivity index (χ0n) is 10.4. The smallest absolute Gasteiger partial charge is 0.250 e. The fraction of sp³-hybridized carbons (Fsp3) is 0.143. The van der Waals surface area contributed by atoms with Crippen molar-refractivity contribution in [3.63, 3.8) is 0 Å². The van der Waals surface area contributed by atoms with Gasteiger partial charge < -0.3 is 0 Å². The standard InChI is InChI=1S/C14H13FN2OS/c1-2-12-9-19-14(16-12)17-13(18)8-5-10-3-6-11(15)7-4-10/h3-9H,2H2,1H3,(H,16,17,18)/b8-5+. The lowest BCUT2D eigenvalue weighted by molar-refractivity contribution is -0.111. The first-order valence-corrected chi connectivity index (χ1v) is 6.74. The van der Waals surface area contributed by atoms with Crippen LogP contribution in [0.1, 0.15) is 18.2 Å². The summed E-state index contributed by atoms with van der Waals surface area (Å²) in [5.41, 5.74) is 1.73. The highest BCUT2D eigenvalue weighted by Gasteiger charge is 2.02. The van der Waals surface area contributed by atoms with E-state index in [0.717, 1.165) is 17.7 Å². The molecule has 0 bridgehead atoms. The molecule has 0 atom stereocenters. The summed E-state index contributed by atoms with van der Waals surface area (Å²) in [5, 5.41) is 5.19. The van der Waals surface area contributed by atoms with Gasteiger partial charge in [-0.05, 0) is 30.2 Å². The average molecular weight is 276 g/mol. The lowest BCUT2D eigenvalue weighted by Crippen LogP contribution is -2.07. The van der Waals surface area contributed by atoms with Crippen LogP contribution in [0.2, 0.25) is 0 Å². The van der Waals surface area contributed by atoms with Crippen molar-refractivity contribution in [3.8, 4) is 0 Å². The molecule has 0 spiro atoms. The molecule has 0 saturated heterocycles. The maximum atomic E-state index is 12.7. The molecule has 2 rings (SSSR count). The third-order valence-corrected chi connectivity index (χ3v) is 3.25. The first-order valence-electron chi connectivity index (χ1n) is 5.86. The van der Waals surface area contributed by atoms with Crippen molar-refractivity contribution < 1.29 is 9.18 Å². The first-order chi connectivity index (χ1) is 9.17. The van der Waals surface area contributed by atoms with Gasteiger partial charge in [0.2, 0.25) is 5.91 Å². The molecule has 5 heteroatoms. The number of hydrogen-bond donors (Lipinski definition) is 1. The Balaban J connectivity index is 1.95. The molecule has 1 aromatic heterocycles. The summed E-state index contributed by atoms with van der Waals surface area (Å²) in [6.07, 6.45) is 3.88. The highest BCUT2D eigenvalue weighted by molar-refractivity contribution is 7.13. The number of benzene rings is 1. The molecule has 0 aliphatic rings. The summed E-state index contributed by atoms with van der Waals surface area (Å²) in [6.45, 7) is 2.01. The fourth-order valence-electron chi connectivity index (χ4n) is 1.42. The Morgan fingerprint density at radius 3 is 2.79 bits per heavy atom. The van der Waals surface area contributed by atoms with Gasteiger partial charge in [-0.2, -0.15) is 0 Å². The number of nitrogens with zero attached hydrogens (tertiary/aromatic N) is 1. The van der Waals surface area contributed by atoms with Crippen LogP contribution in [0.4, 0.5) is 9.52 Å². The molecule has 1 heterocycles. The number of aromatic nitrogens is 1. The number of aryl methyl sites for hydroxylation is 1. The van der Waals surface area contributed by atoms with Crippen LogP contribution in [0.25, 0.3) is 6.08 Å². The molecule has 0 unspecified atom stereocenters. The van der Waals surface area contributed by atoms with E-state index in [1.54, 1.807) is 18.2 Å². The highest BCUT2D eigenvalue weighted by Crippen LogP contribution is 2.15. The highest BCUT2D eigenvalue weighted by atomic mass is 32.1. The van der Waals surface area contributed by atoms with Gasteiger partial charge in [-0.1, -0.05) is 19.1 Å². The summed E-state index contributed by atoms with van der Waals surface area (Å²) in [6, 6.07) is 5.92. The number of nitrogens with one attached hydrogen (secondary N) is 1. The second-order valence-electron chi connectivity index (χ2n) is 3.87. The molecule has 19 heavy (non-hydrogen) atoms. The Morgan fingerprint density at radius 1 is 1.42 bits per heavy atom. The van der Waals surface area contributed by atoms with Crippen molar-refractivity contribution in [2.75, 3.05) is 5.32 Å². The number of carbonyl (C=O) groups is 1. The zero-order chi connectivity index (χ0) is 13.7. The fourth-order valence-corrected chi connectivity index (χ4v) is 2.22. The number of anilines is 1. The van der Waals surface area contributed by atoms with Crippen LogP contribution < -0.4 is 5.32 Å². The van der Waals surface area contributed by atoms with Crippen LogP contribution in [0, 0.1) is 5.82 Å². The van der Waals surface area contributed by atoms with Crippen molar-refractivity contribution in [1.29, 1.82) is 0 Å². The minimum Gasteiger partial charge on any atom is -0.298 e. The van der Waals surface area contributed by atoms with E-state index in [-0.39, 0.29) is 11.7 Å². The maximum Gasteiger partial charge on any atom is 0.250 e. The Morgan fingerprint density at radius 2 is 2.16 bits per heavy atom. The second kappa shape index (κ2) is 6.24.